The van der Waals surface area contributed by atoms with Gasteiger partial charge < -0.3 is 4.74 Å². The van der Waals surface area contributed by atoms with E-state index in [1.807, 2.05) is 24.3 Å². The molecule has 0 amide bonds. The molecule has 186 valence electrons. The molecule has 0 radical (unpaired) electrons. The Morgan fingerprint density at radius 1 is 1.12 bits per heavy atom. The molecule has 1 aromatic heterocycles. The molecule has 2 aromatic rings. The van der Waals surface area contributed by atoms with Crippen LogP contribution in [0.1, 0.15) is 49.3 Å². The van der Waals surface area contributed by atoms with Crippen LogP contribution in [0.5, 0.6) is 0 Å². The lowest BCUT2D eigenvalue weighted by molar-refractivity contribution is 0.0590. The van der Waals surface area contributed by atoms with Crippen LogP contribution >= 0.6 is 0 Å². The summed E-state index contributed by atoms with van der Waals surface area (Å²) in [5.74, 6) is -0.500. The van der Waals surface area contributed by atoms with Crippen molar-refractivity contribution in [2.75, 3.05) is 43.3 Å². The maximum atomic E-state index is 13.0. The quantitative estimate of drug-likeness (QED) is 0.528. The number of hydrogen-bond donors (Lipinski definition) is 0. The summed E-state index contributed by atoms with van der Waals surface area (Å²) in [6.45, 7) is 13.2. The number of anilines is 1. The van der Waals surface area contributed by atoms with Crippen molar-refractivity contribution in [1.29, 1.82) is 0 Å². The number of ether oxygens (including phenoxy) is 1. The average molecular weight is 489 g/mol. The second-order valence-corrected chi connectivity index (χ2v) is 11.7. The summed E-state index contributed by atoms with van der Waals surface area (Å²) in [5.41, 5.74) is 2.74. The number of methoxy groups -OCH3 is 1. The van der Waals surface area contributed by atoms with Crippen molar-refractivity contribution in [2.45, 2.75) is 46.3 Å². The number of piperazine rings is 1. The molecule has 1 aromatic carbocycles. The Morgan fingerprint density at radius 3 is 2.38 bits per heavy atom. The molecule has 0 unspecified atom stereocenters. The topological polar surface area (TPSA) is 83.0 Å². The molecule has 1 saturated heterocycles. The van der Waals surface area contributed by atoms with Crippen LogP contribution in [0.4, 0.5) is 5.69 Å². The van der Waals surface area contributed by atoms with Crippen molar-refractivity contribution in [3.05, 3.63) is 59.4 Å². The van der Waals surface area contributed by atoms with Crippen LogP contribution < -0.4 is 4.31 Å². The third-order valence-electron chi connectivity index (χ3n) is 6.18. The first-order valence-corrected chi connectivity index (χ1v) is 13.2. The highest BCUT2D eigenvalue weighted by molar-refractivity contribution is 7.92. The SMILES string of the molecule is CCS(=O)(=O)N(Cc1ccc(C(=O)OC)cn1)c1cccc(CN2CCN(C(C)(C)C)CC2)c1. The van der Waals surface area contributed by atoms with Crippen LogP contribution in [0.15, 0.2) is 42.6 Å². The molecule has 0 saturated carbocycles. The molecule has 9 heteroatoms. The number of nitrogens with zero attached hydrogens (tertiary/aromatic N) is 4. The number of rotatable bonds is 8. The van der Waals surface area contributed by atoms with Gasteiger partial charge in [0.15, 0.2) is 0 Å². The monoisotopic (exact) mass is 488 g/mol. The van der Waals surface area contributed by atoms with Gasteiger partial charge in [0, 0.05) is 44.5 Å². The highest BCUT2D eigenvalue weighted by Crippen LogP contribution is 2.24. The Bertz CT molecular complexity index is 1070. The van der Waals surface area contributed by atoms with Crippen LogP contribution in [0, 0.1) is 0 Å². The summed E-state index contributed by atoms with van der Waals surface area (Å²) in [6, 6.07) is 11.0. The van der Waals surface area contributed by atoms with Gasteiger partial charge in [0.2, 0.25) is 10.0 Å². The second-order valence-electron chi connectivity index (χ2n) is 9.54. The minimum Gasteiger partial charge on any atom is -0.465 e. The Hall–Kier alpha value is -2.49. The molecular weight excluding hydrogens is 452 g/mol. The lowest BCUT2D eigenvalue weighted by atomic mass is 10.0. The Balaban J connectivity index is 1.76. The first kappa shape index (κ1) is 26.1. The number of carbonyl (C=O) groups is 1. The Labute approximate surface area is 203 Å². The lowest BCUT2D eigenvalue weighted by Crippen LogP contribution is -2.53. The van der Waals surface area contributed by atoms with E-state index in [9.17, 15) is 13.2 Å². The van der Waals surface area contributed by atoms with E-state index in [-0.39, 0.29) is 17.8 Å². The van der Waals surface area contributed by atoms with E-state index < -0.39 is 16.0 Å². The van der Waals surface area contributed by atoms with Crippen molar-refractivity contribution in [3.63, 3.8) is 0 Å². The summed E-state index contributed by atoms with van der Waals surface area (Å²) in [5, 5.41) is 0. The van der Waals surface area contributed by atoms with Gasteiger partial charge in [0.1, 0.15) is 0 Å². The molecule has 1 fully saturated rings. The molecular formula is C25H36N4O4S. The van der Waals surface area contributed by atoms with Gasteiger partial charge in [-0.1, -0.05) is 12.1 Å². The van der Waals surface area contributed by atoms with Gasteiger partial charge in [0.25, 0.3) is 0 Å². The minimum atomic E-state index is -3.53. The summed E-state index contributed by atoms with van der Waals surface area (Å²) in [4.78, 5) is 20.9. The van der Waals surface area contributed by atoms with Crippen molar-refractivity contribution < 1.29 is 17.9 Å². The zero-order valence-electron chi connectivity index (χ0n) is 20.8. The van der Waals surface area contributed by atoms with Crippen molar-refractivity contribution in [2.24, 2.45) is 0 Å². The summed E-state index contributed by atoms with van der Waals surface area (Å²) in [7, 11) is -2.23. The number of carbonyl (C=O) groups excluding carboxylic acids is 1. The third-order valence-corrected chi connectivity index (χ3v) is 7.92. The number of esters is 1. The van der Waals surface area contributed by atoms with Gasteiger partial charge >= 0.3 is 5.97 Å². The van der Waals surface area contributed by atoms with Gasteiger partial charge in [-0.25, -0.2) is 13.2 Å². The van der Waals surface area contributed by atoms with Gasteiger partial charge in [-0.2, -0.15) is 0 Å². The molecule has 2 heterocycles. The first-order valence-electron chi connectivity index (χ1n) is 11.6. The van der Waals surface area contributed by atoms with Crippen molar-refractivity contribution >= 4 is 21.7 Å². The number of benzene rings is 1. The fraction of sp³-hybridized carbons (Fsp3) is 0.520. The molecule has 8 nitrogen and oxygen atoms in total. The maximum Gasteiger partial charge on any atom is 0.339 e. The zero-order valence-corrected chi connectivity index (χ0v) is 21.6. The van der Waals surface area contributed by atoms with Crippen LogP contribution in [0.25, 0.3) is 0 Å². The summed E-state index contributed by atoms with van der Waals surface area (Å²) in [6.07, 6.45) is 1.41. The van der Waals surface area contributed by atoms with Gasteiger partial charge in [-0.15, -0.1) is 0 Å². The molecule has 1 aliphatic rings. The summed E-state index contributed by atoms with van der Waals surface area (Å²) >= 11 is 0. The predicted octanol–water partition coefficient (Wildman–Crippen LogP) is 3.14. The standard InChI is InChI=1S/C25H36N4O4S/c1-6-34(31,32)29(19-22-11-10-21(17-26-22)24(30)33-5)23-9-7-8-20(16-23)18-27-12-14-28(15-13-27)25(2,3)4/h7-11,16-17H,6,12-15,18-19H2,1-5H3. The summed E-state index contributed by atoms with van der Waals surface area (Å²) < 4.78 is 32.0. The first-order chi connectivity index (χ1) is 16.0. The van der Waals surface area contributed by atoms with Gasteiger partial charge in [-0.3, -0.25) is 19.1 Å². The van der Waals surface area contributed by atoms with Crippen LogP contribution in [-0.4, -0.2) is 73.8 Å². The fourth-order valence-electron chi connectivity index (χ4n) is 4.05. The Morgan fingerprint density at radius 2 is 1.82 bits per heavy atom. The van der Waals surface area contributed by atoms with E-state index in [0.29, 0.717) is 16.9 Å². The van der Waals surface area contributed by atoms with Gasteiger partial charge in [0.05, 0.1) is 36.4 Å². The number of aromatic nitrogens is 1. The van der Waals surface area contributed by atoms with E-state index in [0.717, 1.165) is 38.3 Å². The number of sulfonamides is 1. The molecule has 0 N–H and O–H groups in total. The number of pyridine rings is 1. The van der Waals surface area contributed by atoms with E-state index in [4.69, 9.17) is 4.74 Å². The maximum absolute atomic E-state index is 13.0. The third kappa shape index (κ3) is 6.55. The molecule has 0 aliphatic carbocycles. The Kier molecular flexibility index (Phi) is 8.33. The predicted molar refractivity (Wildman–Crippen MR) is 134 cm³/mol. The molecule has 0 atom stereocenters. The molecule has 0 bridgehead atoms. The van der Waals surface area contributed by atoms with Crippen molar-refractivity contribution in [3.8, 4) is 0 Å². The fourth-order valence-corrected chi connectivity index (χ4v) is 5.13. The van der Waals surface area contributed by atoms with Crippen LogP contribution in [-0.2, 0) is 27.8 Å². The number of hydrogen-bond acceptors (Lipinski definition) is 7. The van der Waals surface area contributed by atoms with Crippen LogP contribution in [0.2, 0.25) is 0 Å². The molecule has 34 heavy (non-hydrogen) atoms. The van der Waals surface area contributed by atoms with Crippen molar-refractivity contribution in [1.82, 2.24) is 14.8 Å². The minimum absolute atomic E-state index is 0.0216. The van der Waals surface area contributed by atoms with Crippen LogP contribution in [0.3, 0.4) is 0 Å². The van der Waals surface area contributed by atoms with Gasteiger partial charge in [-0.05, 0) is 57.5 Å². The van der Waals surface area contributed by atoms with E-state index in [1.165, 1.54) is 17.6 Å². The smallest absolute Gasteiger partial charge is 0.339 e. The average Bonchev–Trinajstić information content (AvgIpc) is 2.82. The van der Waals surface area contributed by atoms with E-state index >= 15 is 0 Å². The molecule has 1 aliphatic heterocycles. The largest absolute Gasteiger partial charge is 0.465 e. The van der Waals surface area contributed by atoms with E-state index in [2.05, 4.69) is 35.6 Å². The second kappa shape index (κ2) is 10.8. The highest BCUT2D eigenvalue weighted by Gasteiger charge is 2.26. The van der Waals surface area contributed by atoms with E-state index in [1.54, 1.807) is 19.1 Å². The lowest BCUT2D eigenvalue weighted by Gasteiger charge is -2.42. The highest BCUT2D eigenvalue weighted by atomic mass is 32.2. The molecule has 0 spiro atoms. The normalized spacial score (nSPS) is 15.8. The zero-order chi connectivity index (χ0) is 24.9. The molecule has 3 rings (SSSR count).